The van der Waals surface area contributed by atoms with Crippen LogP contribution in [0.1, 0.15) is 25.5 Å². The van der Waals surface area contributed by atoms with Crippen LogP contribution in [0.2, 0.25) is 5.02 Å². The maximum absolute atomic E-state index is 6.12. The van der Waals surface area contributed by atoms with Gasteiger partial charge in [0, 0.05) is 11.1 Å². The minimum absolute atomic E-state index is 0.276. The normalized spacial score (nSPS) is 12.6. The van der Waals surface area contributed by atoms with Crippen molar-refractivity contribution in [2.45, 2.75) is 19.9 Å². The lowest BCUT2D eigenvalue weighted by Crippen LogP contribution is -2.17. The fraction of sp³-hybridized carbons (Fsp3) is 0.455. The molecule has 0 saturated heterocycles. The van der Waals surface area contributed by atoms with E-state index in [-0.39, 0.29) is 6.04 Å². The zero-order valence-corrected chi connectivity index (χ0v) is 9.56. The Morgan fingerprint density at radius 2 is 2.21 bits per heavy atom. The highest BCUT2D eigenvalue weighted by molar-refractivity contribution is 6.31. The van der Waals surface area contributed by atoms with Crippen molar-refractivity contribution in [3.63, 3.8) is 0 Å². The second-order valence-electron chi connectivity index (χ2n) is 3.17. The molecular weight excluding hydrogens is 198 g/mol. The van der Waals surface area contributed by atoms with E-state index in [1.54, 1.807) is 7.11 Å². The Labute approximate surface area is 90.2 Å². The number of methoxy groups -OCH3 is 1. The zero-order chi connectivity index (χ0) is 10.6. The van der Waals surface area contributed by atoms with Crippen LogP contribution in [0.15, 0.2) is 18.2 Å². The average Bonchev–Trinajstić information content (AvgIpc) is 2.17. The first-order valence-corrected chi connectivity index (χ1v) is 5.13. The largest absolute Gasteiger partial charge is 0.497 e. The van der Waals surface area contributed by atoms with E-state index in [0.29, 0.717) is 0 Å². The lowest BCUT2D eigenvalue weighted by molar-refractivity contribution is 0.414. The molecule has 3 heteroatoms. The van der Waals surface area contributed by atoms with Crippen molar-refractivity contribution in [1.82, 2.24) is 5.32 Å². The Kier molecular flexibility index (Phi) is 4.23. The summed E-state index contributed by atoms with van der Waals surface area (Å²) in [5.41, 5.74) is 1.11. The van der Waals surface area contributed by atoms with Gasteiger partial charge in [0.05, 0.1) is 7.11 Å². The molecule has 1 atom stereocenters. The molecule has 0 radical (unpaired) electrons. The van der Waals surface area contributed by atoms with E-state index >= 15 is 0 Å². The molecule has 14 heavy (non-hydrogen) atoms. The Bertz CT molecular complexity index is 301. The molecular formula is C11H16ClNO. The third-order valence-corrected chi connectivity index (χ3v) is 2.51. The van der Waals surface area contributed by atoms with Gasteiger partial charge in [-0.15, -0.1) is 0 Å². The molecule has 2 nitrogen and oxygen atoms in total. The number of rotatable bonds is 4. The molecule has 1 aromatic carbocycles. The fourth-order valence-electron chi connectivity index (χ4n) is 1.40. The highest BCUT2D eigenvalue weighted by atomic mass is 35.5. The van der Waals surface area contributed by atoms with Gasteiger partial charge in [0.25, 0.3) is 0 Å². The maximum Gasteiger partial charge on any atom is 0.120 e. The van der Waals surface area contributed by atoms with Crippen LogP contribution >= 0.6 is 11.6 Å². The number of halogens is 1. The number of hydrogen-bond acceptors (Lipinski definition) is 2. The Morgan fingerprint density at radius 3 is 2.71 bits per heavy atom. The van der Waals surface area contributed by atoms with Gasteiger partial charge in [0.1, 0.15) is 5.75 Å². The van der Waals surface area contributed by atoms with Crippen LogP contribution in [-0.2, 0) is 0 Å². The Balaban J connectivity index is 2.88. The summed E-state index contributed by atoms with van der Waals surface area (Å²) in [6, 6.07) is 6.03. The minimum atomic E-state index is 0.276. The van der Waals surface area contributed by atoms with Gasteiger partial charge in [-0.25, -0.2) is 0 Å². The molecule has 0 spiro atoms. The van der Waals surface area contributed by atoms with E-state index in [1.807, 2.05) is 18.2 Å². The lowest BCUT2D eigenvalue weighted by atomic mass is 10.1. The molecule has 0 bridgehead atoms. The van der Waals surface area contributed by atoms with Gasteiger partial charge in [-0.1, -0.05) is 24.6 Å². The van der Waals surface area contributed by atoms with Gasteiger partial charge in [-0.2, -0.15) is 0 Å². The molecule has 1 rings (SSSR count). The lowest BCUT2D eigenvalue weighted by Gasteiger charge is -2.14. The highest BCUT2D eigenvalue weighted by Gasteiger charge is 2.08. The first-order valence-electron chi connectivity index (χ1n) is 4.75. The molecule has 1 unspecified atom stereocenters. The van der Waals surface area contributed by atoms with E-state index < -0.39 is 0 Å². The topological polar surface area (TPSA) is 21.3 Å². The van der Waals surface area contributed by atoms with Crippen LogP contribution in [0.3, 0.4) is 0 Å². The summed E-state index contributed by atoms with van der Waals surface area (Å²) in [6.45, 7) is 5.11. The van der Waals surface area contributed by atoms with E-state index in [0.717, 1.165) is 22.9 Å². The maximum atomic E-state index is 6.12. The second-order valence-corrected chi connectivity index (χ2v) is 3.57. The van der Waals surface area contributed by atoms with E-state index in [2.05, 4.69) is 19.2 Å². The summed E-state index contributed by atoms with van der Waals surface area (Å²) in [5, 5.41) is 4.06. The summed E-state index contributed by atoms with van der Waals surface area (Å²) < 4.78 is 5.08. The number of ether oxygens (including phenoxy) is 1. The second kappa shape index (κ2) is 5.23. The molecule has 0 aromatic heterocycles. The predicted molar refractivity (Wildman–Crippen MR) is 60.1 cm³/mol. The predicted octanol–water partition coefficient (Wildman–Crippen LogP) is 3.02. The van der Waals surface area contributed by atoms with Crippen LogP contribution in [0.5, 0.6) is 5.75 Å². The van der Waals surface area contributed by atoms with Gasteiger partial charge in [-0.05, 0) is 31.2 Å². The van der Waals surface area contributed by atoms with Crippen molar-refractivity contribution in [2.75, 3.05) is 13.7 Å². The molecule has 0 heterocycles. The van der Waals surface area contributed by atoms with Crippen LogP contribution in [0, 0.1) is 0 Å². The van der Waals surface area contributed by atoms with E-state index in [4.69, 9.17) is 16.3 Å². The van der Waals surface area contributed by atoms with Gasteiger partial charge in [0.2, 0.25) is 0 Å². The van der Waals surface area contributed by atoms with Crippen LogP contribution < -0.4 is 10.1 Å². The Hall–Kier alpha value is -0.730. The van der Waals surface area contributed by atoms with Crippen molar-refractivity contribution >= 4 is 11.6 Å². The molecule has 0 amide bonds. The summed E-state index contributed by atoms with van der Waals surface area (Å²) in [6.07, 6.45) is 0. The van der Waals surface area contributed by atoms with Crippen molar-refractivity contribution in [3.8, 4) is 5.75 Å². The average molecular weight is 214 g/mol. The van der Waals surface area contributed by atoms with Crippen molar-refractivity contribution in [1.29, 1.82) is 0 Å². The first-order chi connectivity index (χ1) is 6.69. The van der Waals surface area contributed by atoms with Gasteiger partial charge < -0.3 is 10.1 Å². The molecule has 0 aliphatic rings. The molecule has 1 N–H and O–H groups in total. The third kappa shape index (κ3) is 2.63. The number of hydrogen-bond donors (Lipinski definition) is 1. The van der Waals surface area contributed by atoms with Gasteiger partial charge >= 0.3 is 0 Å². The van der Waals surface area contributed by atoms with Crippen LogP contribution in [0.4, 0.5) is 0 Å². The van der Waals surface area contributed by atoms with Crippen LogP contribution in [0.25, 0.3) is 0 Å². The molecule has 0 saturated carbocycles. The monoisotopic (exact) mass is 213 g/mol. The minimum Gasteiger partial charge on any atom is -0.497 e. The molecule has 0 aliphatic heterocycles. The van der Waals surface area contributed by atoms with Crippen molar-refractivity contribution in [3.05, 3.63) is 28.8 Å². The van der Waals surface area contributed by atoms with Crippen molar-refractivity contribution < 1.29 is 4.74 Å². The molecule has 0 fully saturated rings. The smallest absolute Gasteiger partial charge is 0.120 e. The zero-order valence-electron chi connectivity index (χ0n) is 8.80. The van der Waals surface area contributed by atoms with E-state index in [1.165, 1.54) is 0 Å². The van der Waals surface area contributed by atoms with E-state index in [9.17, 15) is 0 Å². The molecule has 0 aliphatic carbocycles. The summed E-state index contributed by atoms with van der Waals surface area (Å²) >= 11 is 6.12. The summed E-state index contributed by atoms with van der Waals surface area (Å²) in [4.78, 5) is 0. The van der Waals surface area contributed by atoms with Gasteiger partial charge in [-0.3, -0.25) is 0 Å². The summed E-state index contributed by atoms with van der Waals surface area (Å²) in [7, 11) is 1.64. The van der Waals surface area contributed by atoms with Crippen molar-refractivity contribution in [2.24, 2.45) is 0 Å². The first kappa shape index (κ1) is 11.3. The highest BCUT2D eigenvalue weighted by Crippen LogP contribution is 2.26. The molecule has 1 aromatic rings. The number of nitrogens with one attached hydrogen (secondary N) is 1. The Morgan fingerprint density at radius 1 is 1.50 bits per heavy atom. The standard InChI is InChI=1S/C11H16ClNO/c1-4-13-8(2)10-6-5-9(14-3)7-11(10)12/h5-8,13H,4H2,1-3H3. The fourth-order valence-corrected chi connectivity index (χ4v) is 1.74. The number of benzene rings is 1. The van der Waals surface area contributed by atoms with Gasteiger partial charge in [0.15, 0.2) is 0 Å². The van der Waals surface area contributed by atoms with Crippen LogP contribution in [-0.4, -0.2) is 13.7 Å². The quantitative estimate of drug-likeness (QED) is 0.830. The SMILES string of the molecule is CCNC(C)c1ccc(OC)cc1Cl. The summed E-state index contributed by atoms with van der Waals surface area (Å²) in [5.74, 6) is 0.794. The third-order valence-electron chi connectivity index (χ3n) is 2.18. The molecule has 78 valence electrons.